The van der Waals surface area contributed by atoms with Crippen molar-refractivity contribution in [3.63, 3.8) is 0 Å². The first-order valence-corrected chi connectivity index (χ1v) is 9.24. The molecule has 0 bridgehead atoms. The SMILES string of the molecule is Cc1cc(N(C)c2ccc(OCC(F)(F)F)cc2)ccc1Nc1cccc(C(=O)O)n1. The minimum absolute atomic E-state index is 0.0540. The van der Waals surface area contributed by atoms with E-state index in [2.05, 4.69) is 10.3 Å². The molecule has 0 saturated carbocycles. The number of carbonyl (C=O) groups is 1. The van der Waals surface area contributed by atoms with Crippen LogP contribution in [0.1, 0.15) is 16.1 Å². The van der Waals surface area contributed by atoms with Gasteiger partial charge >= 0.3 is 12.1 Å². The van der Waals surface area contributed by atoms with E-state index in [0.717, 1.165) is 22.6 Å². The van der Waals surface area contributed by atoms with Crippen molar-refractivity contribution in [2.45, 2.75) is 13.1 Å². The molecule has 0 spiro atoms. The van der Waals surface area contributed by atoms with E-state index in [4.69, 9.17) is 9.84 Å². The number of pyridine rings is 1. The van der Waals surface area contributed by atoms with Crippen molar-refractivity contribution in [2.75, 3.05) is 23.9 Å². The summed E-state index contributed by atoms with van der Waals surface area (Å²) in [6.45, 7) is 0.564. The Kier molecular flexibility index (Phi) is 6.33. The van der Waals surface area contributed by atoms with Gasteiger partial charge in [-0.25, -0.2) is 9.78 Å². The summed E-state index contributed by atoms with van der Waals surface area (Å²) in [7, 11) is 1.84. The molecule has 31 heavy (non-hydrogen) atoms. The Bertz CT molecular complexity index is 1070. The van der Waals surface area contributed by atoms with Crippen LogP contribution < -0.4 is 15.0 Å². The number of nitrogens with one attached hydrogen (secondary N) is 1. The van der Waals surface area contributed by atoms with Gasteiger partial charge in [0.1, 0.15) is 11.6 Å². The maximum Gasteiger partial charge on any atom is 0.422 e. The van der Waals surface area contributed by atoms with E-state index in [-0.39, 0.29) is 11.4 Å². The van der Waals surface area contributed by atoms with Crippen LogP contribution in [0.4, 0.5) is 36.1 Å². The third-order valence-corrected chi connectivity index (χ3v) is 4.45. The maximum atomic E-state index is 12.3. The van der Waals surface area contributed by atoms with E-state index in [1.165, 1.54) is 18.2 Å². The average molecular weight is 431 g/mol. The standard InChI is InChI=1S/C22H20F3N3O3/c1-14-12-16(8-11-18(14)26-20-5-3-4-19(27-20)21(29)30)28(2)15-6-9-17(10-7-15)31-13-22(23,24)25/h3-12H,13H2,1-2H3,(H,26,27)(H,29,30). The summed E-state index contributed by atoms with van der Waals surface area (Å²) in [6.07, 6.45) is -4.38. The Hall–Kier alpha value is -3.75. The molecule has 0 amide bonds. The first kappa shape index (κ1) is 21.9. The number of aromatic nitrogens is 1. The quantitative estimate of drug-likeness (QED) is 0.512. The van der Waals surface area contributed by atoms with Gasteiger partial charge in [-0.1, -0.05) is 6.07 Å². The molecule has 1 aromatic heterocycles. The molecule has 6 nitrogen and oxygen atoms in total. The number of benzene rings is 2. The van der Waals surface area contributed by atoms with Crippen LogP contribution in [0, 0.1) is 6.92 Å². The summed E-state index contributed by atoms with van der Waals surface area (Å²) in [5, 5.41) is 12.2. The molecule has 3 aromatic rings. The van der Waals surface area contributed by atoms with Crippen molar-refractivity contribution in [3.05, 3.63) is 71.9 Å². The van der Waals surface area contributed by atoms with E-state index in [1.807, 2.05) is 37.1 Å². The van der Waals surface area contributed by atoms with Gasteiger partial charge in [0.15, 0.2) is 12.3 Å². The number of carboxylic acid groups (broad SMARTS) is 1. The van der Waals surface area contributed by atoms with Gasteiger partial charge < -0.3 is 20.1 Å². The topological polar surface area (TPSA) is 74.7 Å². The smallest absolute Gasteiger partial charge is 0.422 e. The van der Waals surface area contributed by atoms with Gasteiger partial charge in [0.2, 0.25) is 0 Å². The van der Waals surface area contributed by atoms with Crippen molar-refractivity contribution in [3.8, 4) is 5.75 Å². The Morgan fingerprint density at radius 2 is 1.77 bits per heavy atom. The third-order valence-electron chi connectivity index (χ3n) is 4.45. The fourth-order valence-corrected chi connectivity index (χ4v) is 2.84. The van der Waals surface area contributed by atoms with Crippen LogP contribution in [0.25, 0.3) is 0 Å². The molecule has 9 heteroatoms. The average Bonchev–Trinajstić information content (AvgIpc) is 2.73. The second kappa shape index (κ2) is 8.95. The van der Waals surface area contributed by atoms with Crippen molar-refractivity contribution in [1.82, 2.24) is 4.98 Å². The van der Waals surface area contributed by atoms with Crippen molar-refractivity contribution >= 4 is 28.8 Å². The number of rotatable bonds is 7. The van der Waals surface area contributed by atoms with Crippen molar-refractivity contribution in [2.24, 2.45) is 0 Å². The molecule has 0 radical (unpaired) electrons. The normalized spacial score (nSPS) is 11.1. The molecule has 162 valence electrons. The minimum Gasteiger partial charge on any atom is -0.484 e. The number of carboxylic acids is 1. The fourth-order valence-electron chi connectivity index (χ4n) is 2.84. The highest BCUT2D eigenvalue weighted by Gasteiger charge is 2.28. The lowest BCUT2D eigenvalue weighted by molar-refractivity contribution is -0.153. The molecule has 0 aliphatic rings. The molecular formula is C22H20F3N3O3. The number of alkyl halides is 3. The zero-order chi connectivity index (χ0) is 22.6. The minimum atomic E-state index is -4.38. The molecule has 0 fully saturated rings. The Balaban J connectivity index is 1.71. The molecular weight excluding hydrogens is 411 g/mol. The van der Waals surface area contributed by atoms with E-state index >= 15 is 0 Å². The maximum absolute atomic E-state index is 12.3. The fraction of sp³-hybridized carbons (Fsp3) is 0.182. The second-order valence-corrected chi connectivity index (χ2v) is 6.79. The van der Waals surface area contributed by atoms with Gasteiger partial charge in [-0.3, -0.25) is 0 Å². The molecule has 2 aromatic carbocycles. The Labute approximate surface area is 176 Å². The zero-order valence-electron chi connectivity index (χ0n) is 16.8. The number of aryl methyl sites for hydroxylation is 1. The highest BCUT2D eigenvalue weighted by molar-refractivity contribution is 5.86. The van der Waals surface area contributed by atoms with Gasteiger partial charge in [0.25, 0.3) is 0 Å². The second-order valence-electron chi connectivity index (χ2n) is 6.79. The Morgan fingerprint density at radius 1 is 1.10 bits per heavy atom. The number of nitrogens with zero attached hydrogens (tertiary/aromatic N) is 2. The first-order chi connectivity index (χ1) is 14.6. The number of hydrogen-bond acceptors (Lipinski definition) is 5. The van der Waals surface area contributed by atoms with Gasteiger partial charge in [0.05, 0.1) is 0 Å². The van der Waals surface area contributed by atoms with Crippen molar-refractivity contribution in [1.29, 1.82) is 0 Å². The molecule has 0 unspecified atom stereocenters. The monoisotopic (exact) mass is 431 g/mol. The summed E-state index contributed by atoms with van der Waals surface area (Å²) in [4.78, 5) is 17.0. The number of aromatic carboxylic acids is 1. The van der Waals surface area contributed by atoms with Crippen LogP contribution in [-0.4, -0.2) is 35.9 Å². The van der Waals surface area contributed by atoms with Crippen LogP contribution in [0.5, 0.6) is 5.75 Å². The Morgan fingerprint density at radius 3 is 2.39 bits per heavy atom. The van der Waals surface area contributed by atoms with Crippen LogP contribution in [0.2, 0.25) is 0 Å². The lowest BCUT2D eigenvalue weighted by Crippen LogP contribution is -2.19. The molecule has 1 heterocycles. The van der Waals surface area contributed by atoms with Crippen LogP contribution >= 0.6 is 0 Å². The molecule has 3 rings (SSSR count). The first-order valence-electron chi connectivity index (χ1n) is 9.24. The van der Waals surface area contributed by atoms with Crippen molar-refractivity contribution < 1.29 is 27.8 Å². The zero-order valence-corrected chi connectivity index (χ0v) is 16.8. The largest absolute Gasteiger partial charge is 0.484 e. The molecule has 0 saturated heterocycles. The summed E-state index contributed by atoms with van der Waals surface area (Å²) in [5.41, 5.74) is 3.25. The molecule has 0 aliphatic heterocycles. The number of hydrogen-bond donors (Lipinski definition) is 2. The van der Waals surface area contributed by atoms with Crippen LogP contribution in [0.3, 0.4) is 0 Å². The van der Waals surface area contributed by atoms with Crippen LogP contribution in [-0.2, 0) is 0 Å². The molecule has 0 atom stereocenters. The summed E-state index contributed by atoms with van der Waals surface area (Å²) in [6, 6.07) is 16.7. The number of ether oxygens (including phenoxy) is 1. The predicted octanol–water partition coefficient (Wildman–Crippen LogP) is 5.54. The van der Waals surface area contributed by atoms with Gasteiger partial charge in [-0.15, -0.1) is 0 Å². The van der Waals surface area contributed by atoms with Crippen LogP contribution in [0.15, 0.2) is 60.7 Å². The van der Waals surface area contributed by atoms with E-state index in [9.17, 15) is 18.0 Å². The highest BCUT2D eigenvalue weighted by Crippen LogP contribution is 2.30. The van der Waals surface area contributed by atoms with Gasteiger partial charge in [-0.05, 0) is 67.1 Å². The number of anilines is 4. The summed E-state index contributed by atoms with van der Waals surface area (Å²) in [5.74, 6) is -0.549. The van der Waals surface area contributed by atoms with Gasteiger partial charge in [0, 0.05) is 24.1 Å². The summed E-state index contributed by atoms with van der Waals surface area (Å²) < 4.78 is 41.5. The predicted molar refractivity (Wildman–Crippen MR) is 112 cm³/mol. The van der Waals surface area contributed by atoms with Gasteiger partial charge in [-0.2, -0.15) is 13.2 Å². The molecule has 0 aliphatic carbocycles. The lowest BCUT2D eigenvalue weighted by atomic mass is 10.1. The van der Waals surface area contributed by atoms with E-state index in [0.29, 0.717) is 5.82 Å². The third kappa shape index (κ3) is 5.88. The lowest BCUT2D eigenvalue weighted by Gasteiger charge is -2.21. The van der Waals surface area contributed by atoms with E-state index in [1.54, 1.807) is 24.3 Å². The highest BCUT2D eigenvalue weighted by atomic mass is 19.4. The number of halogens is 3. The summed E-state index contributed by atoms with van der Waals surface area (Å²) >= 11 is 0. The van der Waals surface area contributed by atoms with E-state index < -0.39 is 18.8 Å². The molecule has 2 N–H and O–H groups in total.